The maximum absolute atomic E-state index is 5.55. The van der Waals surface area contributed by atoms with Gasteiger partial charge in [-0.25, -0.2) is 0 Å². The molecule has 1 aromatic heterocycles. The fourth-order valence-electron chi connectivity index (χ4n) is 4.11. The second kappa shape index (κ2) is 7.03. The molecule has 0 bridgehead atoms. The Morgan fingerprint density at radius 3 is 2.50 bits per heavy atom. The van der Waals surface area contributed by atoms with E-state index in [1.165, 1.54) is 36.9 Å². The Morgan fingerprint density at radius 1 is 1.04 bits per heavy atom. The van der Waals surface area contributed by atoms with Crippen molar-refractivity contribution in [3.8, 4) is 11.3 Å². The van der Waals surface area contributed by atoms with Crippen LogP contribution in [0.3, 0.4) is 0 Å². The fraction of sp³-hybridized carbons (Fsp3) is 0.500. The summed E-state index contributed by atoms with van der Waals surface area (Å²) >= 11 is 3.56. The Hall–Kier alpha value is -1.10. The van der Waals surface area contributed by atoms with Gasteiger partial charge in [0.15, 0.2) is 0 Å². The summed E-state index contributed by atoms with van der Waals surface area (Å²) in [6.45, 7) is 6.09. The predicted molar refractivity (Wildman–Crippen MR) is 101 cm³/mol. The molecular weight excluding hydrogens is 364 g/mol. The van der Waals surface area contributed by atoms with Crippen LogP contribution in [0.4, 0.5) is 0 Å². The summed E-state index contributed by atoms with van der Waals surface area (Å²) < 4.78 is 9.29. The summed E-state index contributed by atoms with van der Waals surface area (Å²) in [7, 11) is 0. The monoisotopic (exact) mass is 388 g/mol. The molecule has 1 atom stereocenters. The molecule has 0 radical (unpaired) electrons. The molecule has 4 heteroatoms. The van der Waals surface area contributed by atoms with E-state index < -0.39 is 0 Å². The first kappa shape index (κ1) is 16.4. The van der Waals surface area contributed by atoms with Gasteiger partial charge in [-0.2, -0.15) is 0 Å². The van der Waals surface area contributed by atoms with Crippen molar-refractivity contribution in [3.63, 3.8) is 0 Å². The molecule has 1 unspecified atom stereocenters. The Bertz CT molecular complexity index is 701. The number of benzene rings is 1. The van der Waals surface area contributed by atoms with Crippen molar-refractivity contribution >= 4 is 15.9 Å². The van der Waals surface area contributed by atoms with Crippen LogP contribution in [0.2, 0.25) is 0 Å². The third-order valence-corrected chi connectivity index (χ3v) is 5.96. The SMILES string of the molecule is CC(N1CCOCC1)n1c(-c2ccc(Br)cc2)cc2c1CCCC2. The number of aryl methyl sites for hydroxylation is 1. The topological polar surface area (TPSA) is 17.4 Å². The molecule has 2 heterocycles. The van der Waals surface area contributed by atoms with Crippen molar-refractivity contribution in [1.82, 2.24) is 9.47 Å². The van der Waals surface area contributed by atoms with Gasteiger partial charge in [-0.05, 0) is 61.9 Å². The van der Waals surface area contributed by atoms with Crippen LogP contribution >= 0.6 is 15.9 Å². The molecular formula is C20H25BrN2O. The maximum Gasteiger partial charge on any atom is 0.0840 e. The van der Waals surface area contributed by atoms with Crippen molar-refractivity contribution in [2.24, 2.45) is 0 Å². The molecule has 2 aliphatic rings. The zero-order valence-electron chi connectivity index (χ0n) is 14.3. The molecule has 1 aromatic carbocycles. The van der Waals surface area contributed by atoms with Crippen LogP contribution in [0, 0.1) is 0 Å². The number of halogens is 1. The zero-order chi connectivity index (χ0) is 16.5. The first-order valence-electron chi connectivity index (χ1n) is 9.05. The lowest BCUT2D eigenvalue weighted by Gasteiger charge is -2.35. The number of aromatic nitrogens is 1. The number of hydrogen-bond acceptors (Lipinski definition) is 2. The summed E-state index contributed by atoms with van der Waals surface area (Å²) in [5.41, 5.74) is 5.79. The van der Waals surface area contributed by atoms with E-state index >= 15 is 0 Å². The highest BCUT2D eigenvalue weighted by molar-refractivity contribution is 9.10. The summed E-state index contributed by atoms with van der Waals surface area (Å²) in [5, 5.41) is 0. The van der Waals surface area contributed by atoms with Crippen LogP contribution in [0.1, 0.15) is 37.2 Å². The number of nitrogens with zero attached hydrogens (tertiary/aromatic N) is 2. The number of hydrogen-bond donors (Lipinski definition) is 0. The third kappa shape index (κ3) is 3.07. The largest absolute Gasteiger partial charge is 0.379 e. The Labute approximate surface area is 152 Å². The van der Waals surface area contributed by atoms with Crippen LogP contribution in [0.25, 0.3) is 11.3 Å². The highest BCUT2D eigenvalue weighted by Crippen LogP contribution is 2.35. The molecule has 3 nitrogen and oxygen atoms in total. The summed E-state index contributed by atoms with van der Waals surface area (Å²) in [6.07, 6.45) is 5.45. The van der Waals surface area contributed by atoms with Crippen molar-refractivity contribution in [2.45, 2.75) is 38.8 Å². The average Bonchev–Trinajstić information content (AvgIpc) is 3.02. The molecule has 4 rings (SSSR count). The van der Waals surface area contributed by atoms with Gasteiger partial charge in [-0.15, -0.1) is 0 Å². The third-order valence-electron chi connectivity index (χ3n) is 5.43. The van der Waals surface area contributed by atoms with Gasteiger partial charge in [-0.1, -0.05) is 28.1 Å². The minimum atomic E-state index is 0.384. The number of morpholine rings is 1. The number of fused-ring (bicyclic) bond motifs is 1. The minimum absolute atomic E-state index is 0.384. The summed E-state index contributed by atoms with van der Waals surface area (Å²) in [5.74, 6) is 0. The number of rotatable bonds is 3. The lowest BCUT2D eigenvalue weighted by molar-refractivity contribution is 0.00344. The Balaban J connectivity index is 1.77. The van der Waals surface area contributed by atoms with Crippen LogP contribution in [0.5, 0.6) is 0 Å². The van der Waals surface area contributed by atoms with E-state index in [-0.39, 0.29) is 0 Å². The molecule has 2 aromatic rings. The molecule has 1 fully saturated rings. The van der Waals surface area contributed by atoms with Gasteiger partial charge in [0, 0.05) is 29.0 Å². The van der Waals surface area contributed by atoms with Crippen LogP contribution in [-0.4, -0.2) is 35.8 Å². The molecule has 24 heavy (non-hydrogen) atoms. The molecule has 0 spiro atoms. The van der Waals surface area contributed by atoms with Crippen LogP contribution < -0.4 is 0 Å². The van der Waals surface area contributed by atoms with Crippen molar-refractivity contribution in [2.75, 3.05) is 26.3 Å². The summed E-state index contributed by atoms with van der Waals surface area (Å²) in [4.78, 5) is 2.56. The normalized spacial score (nSPS) is 19.9. The van der Waals surface area contributed by atoms with Gasteiger partial charge in [0.05, 0.1) is 19.4 Å². The summed E-state index contributed by atoms with van der Waals surface area (Å²) in [6, 6.07) is 11.2. The Kier molecular flexibility index (Phi) is 4.79. The van der Waals surface area contributed by atoms with Gasteiger partial charge in [0.2, 0.25) is 0 Å². The minimum Gasteiger partial charge on any atom is -0.379 e. The highest BCUT2D eigenvalue weighted by atomic mass is 79.9. The van der Waals surface area contributed by atoms with E-state index in [2.05, 4.69) is 62.7 Å². The van der Waals surface area contributed by atoms with Crippen molar-refractivity contribution in [1.29, 1.82) is 0 Å². The van der Waals surface area contributed by atoms with E-state index in [9.17, 15) is 0 Å². The molecule has 1 saturated heterocycles. The van der Waals surface area contributed by atoms with E-state index in [1.807, 2.05) is 0 Å². The van der Waals surface area contributed by atoms with Crippen LogP contribution in [-0.2, 0) is 17.6 Å². The van der Waals surface area contributed by atoms with E-state index in [1.54, 1.807) is 11.3 Å². The standard InChI is InChI=1S/C20H25BrN2O/c1-15(22-10-12-24-13-11-22)23-19-5-3-2-4-17(19)14-20(23)16-6-8-18(21)9-7-16/h6-9,14-15H,2-5,10-13H2,1H3. The first-order chi connectivity index (χ1) is 11.7. The average molecular weight is 389 g/mol. The van der Waals surface area contributed by atoms with E-state index in [0.29, 0.717) is 6.17 Å². The fourth-order valence-corrected chi connectivity index (χ4v) is 4.37. The highest BCUT2D eigenvalue weighted by Gasteiger charge is 2.26. The van der Waals surface area contributed by atoms with Crippen molar-refractivity contribution < 1.29 is 4.74 Å². The number of ether oxygens (including phenoxy) is 1. The van der Waals surface area contributed by atoms with Gasteiger partial charge in [-0.3, -0.25) is 4.90 Å². The van der Waals surface area contributed by atoms with Gasteiger partial charge >= 0.3 is 0 Å². The lowest BCUT2D eigenvalue weighted by atomic mass is 9.98. The molecule has 0 saturated carbocycles. The second-order valence-electron chi connectivity index (χ2n) is 6.87. The lowest BCUT2D eigenvalue weighted by Crippen LogP contribution is -2.40. The smallest absolute Gasteiger partial charge is 0.0840 e. The zero-order valence-corrected chi connectivity index (χ0v) is 15.9. The molecule has 128 valence electrons. The second-order valence-corrected chi connectivity index (χ2v) is 7.78. The van der Waals surface area contributed by atoms with Gasteiger partial charge in [0.25, 0.3) is 0 Å². The molecule has 0 N–H and O–H groups in total. The van der Waals surface area contributed by atoms with Gasteiger partial charge in [0.1, 0.15) is 0 Å². The Morgan fingerprint density at radius 2 is 1.75 bits per heavy atom. The van der Waals surface area contributed by atoms with E-state index in [0.717, 1.165) is 30.8 Å². The van der Waals surface area contributed by atoms with Crippen LogP contribution in [0.15, 0.2) is 34.8 Å². The molecule has 1 aliphatic carbocycles. The molecule has 0 amide bonds. The molecule has 1 aliphatic heterocycles. The predicted octanol–water partition coefficient (Wildman–Crippen LogP) is 4.65. The quantitative estimate of drug-likeness (QED) is 0.761. The van der Waals surface area contributed by atoms with Crippen molar-refractivity contribution in [3.05, 3.63) is 46.1 Å². The maximum atomic E-state index is 5.55. The van der Waals surface area contributed by atoms with E-state index in [4.69, 9.17) is 4.74 Å². The van der Waals surface area contributed by atoms with Gasteiger partial charge < -0.3 is 9.30 Å². The first-order valence-corrected chi connectivity index (χ1v) is 9.84.